The molecular weight excluding hydrogens is 385 g/mol. The summed E-state index contributed by atoms with van der Waals surface area (Å²) in [5.74, 6) is -0.941. The lowest BCUT2D eigenvalue weighted by atomic mass is 10.2. The predicted molar refractivity (Wildman–Crippen MR) is 91.0 cm³/mol. The minimum atomic E-state index is -0.502. The first-order valence-corrected chi connectivity index (χ1v) is 9.16. The zero-order valence-electron chi connectivity index (χ0n) is 12.5. The molecule has 0 bridgehead atoms. The van der Waals surface area contributed by atoms with E-state index in [-0.39, 0.29) is 17.1 Å². The number of thiophene rings is 1. The molecule has 0 saturated carbocycles. The molecule has 126 valence electrons. The van der Waals surface area contributed by atoms with E-state index in [1.54, 1.807) is 35.2 Å². The highest BCUT2D eigenvalue weighted by Crippen LogP contribution is 2.26. The molecule has 0 aliphatic heterocycles. The molecule has 25 heavy (non-hydrogen) atoms. The average molecular weight is 394 g/mol. The van der Waals surface area contributed by atoms with Crippen LogP contribution in [0.5, 0.6) is 5.88 Å². The average Bonchev–Trinajstić information content (AvgIpc) is 3.28. The number of aromatic nitrogens is 3. The van der Waals surface area contributed by atoms with Crippen LogP contribution < -0.4 is 9.51 Å². The molecule has 0 aliphatic rings. The summed E-state index contributed by atoms with van der Waals surface area (Å²) in [5, 5.41) is 12.3. The number of hydrogen-bond acceptors (Lipinski definition) is 5. The van der Waals surface area contributed by atoms with Crippen molar-refractivity contribution >= 4 is 45.7 Å². The quantitative estimate of drug-likeness (QED) is 0.395. The molecule has 0 fully saturated rings. The number of ketones is 1. The number of carbonyl (C=O) groups excluding carboxylic acids is 1. The van der Waals surface area contributed by atoms with Gasteiger partial charge in [-0.15, -0.1) is 22.7 Å². The third kappa shape index (κ3) is 2.82. The van der Waals surface area contributed by atoms with Crippen molar-refractivity contribution in [1.29, 1.82) is 0 Å². The molecule has 5 nitrogen and oxygen atoms in total. The van der Waals surface area contributed by atoms with E-state index in [4.69, 9.17) is 11.6 Å². The Morgan fingerprint density at radius 2 is 2.16 bits per heavy atom. The lowest BCUT2D eigenvalue weighted by Crippen LogP contribution is -2.24. The van der Waals surface area contributed by atoms with E-state index in [0.717, 1.165) is 16.2 Å². The predicted octanol–water partition coefficient (Wildman–Crippen LogP) is 2.89. The molecule has 0 N–H and O–H groups in total. The molecule has 4 aromatic heterocycles. The molecule has 9 heteroatoms. The fourth-order valence-corrected chi connectivity index (χ4v) is 4.25. The van der Waals surface area contributed by atoms with Gasteiger partial charge in [-0.3, -0.25) is 4.79 Å². The number of thiazole rings is 1. The fraction of sp³-hybridized carbons (Fsp3) is 0.0625. The Morgan fingerprint density at radius 1 is 1.32 bits per heavy atom. The number of imidazole rings is 1. The molecule has 0 radical (unpaired) electrons. The molecule has 4 heterocycles. The van der Waals surface area contributed by atoms with Gasteiger partial charge in [0.25, 0.3) is 5.65 Å². The van der Waals surface area contributed by atoms with Crippen molar-refractivity contribution in [2.24, 2.45) is 0 Å². The summed E-state index contributed by atoms with van der Waals surface area (Å²) < 4.78 is 16.7. The summed E-state index contributed by atoms with van der Waals surface area (Å²) in [5.41, 5.74) is 0.551. The summed E-state index contributed by atoms with van der Waals surface area (Å²) in [6.07, 6.45) is 3.20. The summed E-state index contributed by atoms with van der Waals surface area (Å²) in [4.78, 5) is 17.8. The molecule has 0 aromatic carbocycles. The van der Waals surface area contributed by atoms with Crippen LogP contribution >= 0.6 is 34.3 Å². The third-order valence-electron chi connectivity index (χ3n) is 3.66. The minimum Gasteiger partial charge on any atom is -0.839 e. The minimum absolute atomic E-state index is 0.0161. The molecule has 0 saturated heterocycles. The van der Waals surface area contributed by atoms with Crippen molar-refractivity contribution in [2.75, 3.05) is 0 Å². The van der Waals surface area contributed by atoms with E-state index in [1.165, 1.54) is 27.9 Å². The van der Waals surface area contributed by atoms with Crippen LogP contribution in [0.2, 0.25) is 4.47 Å². The Hall–Kier alpha value is -2.29. The van der Waals surface area contributed by atoms with E-state index >= 15 is 0 Å². The van der Waals surface area contributed by atoms with Crippen LogP contribution in [0.3, 0.4) is 0 Å². The van der Waals surface area contributed by atoms with Gasteiger partial charge in [0.15, 0.2) is 9.60 Å². The van der Waals surface area contributed by atoms with Crippen molar-refractivity contribution in [2.45, 2.75) is 6.54 Å². The number of carbonyl (C=O) groups is 1. The van der Waals surface area contributed by atoms with Crippen molar-refractivity contribution < 1.29 is 18.7 Å². The van der Waals surface area contributed by atoms with E-state index < -0.39 is 16.8 Å². The van der Waals surface area contributed by atoms with Crippen LogP contribution in [0.25, 0.3) is 5.65 Å². The Labute approximate surface area is 154 Å². The highest BCUT2D eigenvalue weighted by molar-refractivity contribution is 7.15. The molecule has 0 unspecified atom stereocenters. The van der Waals surface area contributed by atoms with Crippen LogP contribution in [0.4, 0.5) is 4.39 Å². The Kier molecular flexibility index (Phi) is 4.03. The fourth-order valence-electron chi connectivity index (χ4n) is 2.62. The van der Waals surface area contributed by atoms with Gasteiger partial charge >= 0.3 is 0 Å². The van der Waals surface area contributed by atoms with Crippen LogP contribution in [0.15, 0.2) is 42.7 Å². The van der Waals surface area contributed by atoms with Gasteiger partial charge in [0.1, 0.15) is 12.4 Å². The van der Waals surface area contributed by atoms with Crippen molar-refractivity contribution in [3.63, 3.8) is 0 Å². The molecule has 4 rings (SSSR count). The number of hydrogen-bond donors (Lipinski definition) is 0. The zero-order valence-corrected chi connectivity index (χ0v) is 14.9. The third-order valence-corrected chi connectivity index (χ3v) is 5.63. The van der Waals surface area contributed by atoms with E-state index in [1.807, 2.05) is 0 Å². The van der Waals surface area contributed by atoms with E-state index in [0.29, 0.717) is 10.1 Å². The zero-order chi connectivity index (χ0) is 17.6. The second kappa shape index (κ2) is 6.21. The van der Waals surface area contributed by atoms with E-state index in [9.17, 15) is 14.3 Å². The summed E-state index contributed by atoms with van der Waals surface area (Å²) >= 11 is 7.87. The van der Waals surface area contributed by atoms with Gasteiger partial charge < -0.3 is 5.11 Å². The van der Waals surface area contributed by atoms with Crippen molar-refractivity contribution in [3.8, 4) is 5.88 Å². The van der Waals surface area contributed by atoms with Gasteiger partial charge in [0.05, 0.1) is 16.0 Å². The molecule has 4 aromatic rings. The highest BCUT2D eigenvalue weighted by atomic mass is 35.5. The van der Waals surface area contributed by atoms with Gasteiger partial charge in [-0.25, -0.2) is 14.0 Å². The van der Waals surface area contributed by atoms with Gasteiger partial charge in [-0.05, 0) is 18.2 Å². The number of nitrogens with zero attached hydrogens (tertiary/aromatic N) is 3. The number of pyridine rings is 1. The van der Waals surface area contributed by atoms with Crippen LogP contribution in [0, 0.1) is 5.13 Å². The maximum absolute atomic E-state index is 13.3. The maximum Gasteiger partial charge on any atom is 0.286 e. The van der Waals surface area contributed by atoms with Gasteiger partial charge in [-0.1, -0.05) is 17.7 Å². The van der Waals surface area contributed by atoms with Crippen molar-refractivity contribution in [1.82, 2.24) is 9.55 Å². The van der Waals surface area contributed by atoms with Crippen molar-refractivity contribution in [3.05, 3.63) is 67.8 Å². The topological polar surface area (TPSA) is 62.0 Å². The summed E-state index contributed by atoms with van der Waals surface area (Å²) in [6, 6.07) is 7.84. The Morgan fingerprint density at radius 3 is 2.84 bits per heavy atom. The maximum atomic E-state index is 13.3. The monoisotopic (exact) mass is 393 g/mol. The number of rotatable bonds is 4. The van der Waals surface area contributed by atoms with Gasteiger partial charge in [0, 0.05) is 12.3 Å². The first-order chi connectivity index (χ1) is 12.0. The lowest BCUT2D eigenvalue weighted by molar-refractivity contribution is -0.582. The second-order valence-corrected chi connectivity index (χ2v) is 7.91. The summed E-state index contributed by atoms with van der Waals surface area (Å²) in [6.45, 7) is 0.273. The number of fused-ring (bicyclic) bond motifs is 1. The van der Waals surface area contributed by atoms with E-state index in [2.05, 4.69) is 4.98 Å². The Bertz CT molecular complexity index is 1100. The molecular formula is C16H9ClFN3O2S2. The van der Waals surface area contributed by atoms with Crippen LogP contribution in [0.1, 0.15) is 20.2 Å². The van der Waals surface area contributed by atoms with Gasteiger partial charge in [-0.2, -0.15) is 4.39 Å². The first-order valence-electron chi connectivity index (χ1n) is 7.14. The molecule has 0 atom stereocenters. The normalized spacial score (nSPS) is 11.3. The van der Waals surface area contributed by atoms with Crippen LogP contribution in [-0.2, 0) is 6.54 Å². The summed E-state index contributed by atoms with van der Waals surface area (Å²) in [7, 11) is 0. The second-order valence-electron chi connectivity index (χ2n) is 5.18. The SMILES string of the molecule is O=C(c1ccc(F)s1)c1c([O-])[n+]2ccccc2n1Cc1cnc(Cl)s1. The molecule has 0 spiro atoms. The molecule has 0 aliphatic carbocycles. The lowest BCUT2D eigenvalue weighted by Gasteiger charge is -2.03. The standard InChI is InChI=1S/C16H9ClFN3O2S2/c17-16-19-7-9(24-16)8-21-12-3-1-2-6-20(12)15(23)13(21)14(22)10-4-5-11(18)25-10/h1-7H,8H2. The number of halogens is 2. The highest BCUT2D eigenvalue weighted by Gasteiger charge is 2.28. The molecule has 0 amide bonds. The first kappa shape index (κ1) is 16.2. The largest absolute Gasteiger partial charge is 0.839 e. The van der Waals surface area contributed by atoms with Gasteiger partial charge in [0.2, 0.25) is 11.5 Å². The van der Waals surface area contributed by atoms with Crippen LogP contribution in [-0.4, -0.2) is 15.3 Å². The smallest absolute Gasteiger partial charge is 0.286 e. The Balaban J connectivity index is 1.91.